The van der Waals surface area contributed by atoms with Gasteiger partial charge < -0.3 is 14.8 Å². The Morgan fingerprint density at radius 1 is 1.11 bits per heavy atom. The number of benzene rings is 2. The Morgan fingerprint density at radius 2 is 1.89 bits per heavy atom. The Labute approximate surface area is 159 Å². The molecule has 0 spiro atoms. The highest BCUT2D eigenvalue weighted by atomic mass is 16.5. The molecule has 0 aromatic heterocycles. The number of ether oxygens (including phenoxy) is 2. The molecule has 0 radical (unpaired) electrons. The Morgan fingerprint density at radius 3 is 2.63 bits per heavy atom. The summed E-state index contributed by atoms with van der Waals surface area (Å²) in [5.74, 6) is 0.201. The third-order valence-corrected chi connectivity index (χ3v) is 5.13. The minimum absolute atomic E-state index is 0.0266. The molecule has 142 valence electrons. The molecule has 1 aliphatic rings. The molecule has 5 nitrogen and oxygen atoms in total. The van der Waals surface area contributed by atoms with Crippen molar-refractivity contribution in [1.29, 1.82) is 0 Å². The monoisotopic (exact) mass is 367 g/mol. The number of rotatable bonds is 6. The Hall–Kier alpha value is -2.82. The molecule has 0 bridgehead atoms. The SMILES string of the molecule is COC(=O)CC(NC(=O)C1CCc2ccccc2C1)c1cccc(OC)c1. The van der Waals surface area contributed by atoms with E-state index in [2.05, 4.69) is 17.4 Å². The van der Waals surface area contributed by atoms with Crippen LogP contribution in [0.1, 0.15) is 35.6 Å². The van der Waals surface area contributed by atoms with Crippen LogP contribution in [0.15, 0.2) is 48.5 Å². The molecule has 27 heavy (non-hydrogen) atoms. The van der Waals surface area contributed by atoms with Gasteiger partial charge in [-0.15, -0.1) is 0 Å². The van der Waals surface area contributed by atoms with Gasteiger partial charge in [-0.05, 0) is 48.1 Å². The van der Waals surface area contributed by atoms with E-state index in [1.807, 2.05) is 36.4 Å². The summed E-state index contributed by atoms with van der Waals surface area (Å²) in [6, 6.07) is 15.2. The number of carbonyl (C=O) groups is 2. The fourth-order valence-electron chi connectivity index (χ4n) is 3.57. The van der Waals surface area contributed by atoms with Gasteiger partial charge in [-0.2, -0.15) is 0 Å². The van der Waals surface area contributed by atoms with Crippen molar-refractivity contribution < 1.29 is 19.1 Å². The van der Waals surface area contributed by atoms with Gasteiger partial charge in [-0.3, -0.25) is 9.59 Å². The lowest BCUT2D eigenvalue weighted by Crippen LogP contribution is -2.37. The highest BCUT2D eigenvalue weighted by molar-refractivity contribution is 5.81. The fourth-order valence-corrected chi connectivity index (χ4v) is 3.57. The first kappa shape index (κ1) is 19.0. The molecule has 2 unspecified atom stereocenters. The summed E-state index contributed by atoms with van der Waals surface area (Å²) in [6.07, 6.45) is 2.52. The Bertz CT molecular complexity index is 817. The number of nitrogens with one attached hydrogen (secondary N) is 1. The van der Waals surface area contributed by atoms with E-state index in [0.29, 0.717) is 5.75 Å². The second-order valence-corrected chi connectivity index (χ2v) is 6.83. The maximum absolute atomic E-state index is 12.9. The third-order valence-electron chi connectivity index (χ3n) is 5.13. The standard InChI is InChI=1S/C22H25NO4/c1-26-19-9-5-8-17(13-19)20(14-21(24)27-2)23-22(25)18-11-10-15-6-3-4-7-16(15)12-18/h3-9,13,18,20H,10-12,14H2,1-2H3,(H,23,25). The molecule has 1 aliphatic carbocycles. The Balaban J connectivity index is 1.75. The largest absolute Gasteiger partial charge is 0.497 e. The summed E-state index contributed by atoms with van der Waals surface area (Å²) in [4.78, 5) is 24.8. The Kier molecular flexibility index (Phi) is 6.12. The molecule has 0 saturated carbocycles. The minimum Gasteiger partial charge on any atom is -0.497 e. The number of methoxy groups -OCH3 is 2. The van der Waals surface area contributed by atoms with Crippen LogP contribution in [0.5, 0.6) is 5.75 Å². The summed E-state index contributed by atoms with van der Waals surface area (Å²) >= 11 is 0. The topological polar surface area (TPSA) is 64.6 Å². The molecule has 0 saturated heterocycles. The number of esters is 1. The molecule has 2 aromatic carbocycles. The zero-order valence-electron chi connectivity index (χ0n) is 15.7. The van der Waals surface area contributed by atoms with Crippen LogP contribution in [0.4, 0.5) is 0 Å². The summed E-state index contributed by atoms with van der Waals surface area (Å²) in [6.45, 7) is 0. The summed E-state index contributed by atoms with van der Waals surface area (Å²) < 4.78 is 10.1. The summed E-state index contributed by atoms with van der Waals surface area (Å²) in [5.41, 5.74) is 3.37. The number of aryl methyl sites for hydroxylation is 1. The zero-order valence-corrected chi connectivity index (χ0v) is 15.7. The molecular formula is C22H25NO4. The van der Waals surface area contributed by atoms with Gasteiger partial charge >= 0.3 is 5.97 Å². The molecule has 5 heteroatoms. The highest BCUT2D eigenvalue weighted by Gasteiger charge is 2.27. The van der Waals surface area contributed by atoms with E-state index in [-0.39, 0.29) is 24.2 Å². The quantitative estimate of drug-likeness (QED) is 0.796. The third kappa shape index (κ3) is 4.67. The first-order valence-corrected chi connectivity index (χ1v) is 9.18. The number of fused-ring (bicyclic) bond motifs is 1. The van der Waals surface area contributed by atoms with E-state index in [0.717, 1.165) is 24.8 Å². The van der Waals surface area contributed by atoms with Crippen LogP contribution >= 0.6 is 0 Å². The summed E-state index contributed by atoms with van der Waals surface area (Å²) in [5, 5.41) is 3.06. The van der Waals surface area contributed by atoms with Crippen LogP contribution in [0.2, 0.25) is 0 Å². The van der Waals surface area contributed by atoms with Crippen molar-refractivity contribution in [3.63, 3.8) is 0 Å². The average Bonchev–Trinajstić information content (AvgIpc) is 2.72. The van der Waals surface area contributed by atoms with Gasteiger partial charge in [0, 0.05) is 5.92 Å². The van der Waals surface area contributed by atoms with Crippen molar-refractivity contribution >= 4 is 11.9 Å². The number of amides is 1. The zero-order chi connectivity index (χ0) is 19.2. The van der Waals surface area contributed by atoms with Crippen LogP contribution < -0.4 is 10.1 Å². The van der Waals surface area contributed by atoms with E-state index >= 15 is 0 Å². The lowest BCUT2D eigenvalue weighted by Gasteiger charge is -2.26. The molecule has 0 fully saturated rings. The van der Waals surface area contributed by atoms with Gasteiger partial charge in [-0.25, -0.2) is 0 Å². The second-order valence-electron chi connectivity index (χ2n) is 6.83. The predicted molar refractivity (Wildman–Crippen MR) is 102 cm³/mol. The minimum atomic E-state index is -0.447. The van der Waals surface area contributed by atoms with Crippen molar-refractivity contribution in [2.75, 3.05) is 14.2 Å². The van der Waals surface area contributed by atoms with Crippen molar-refractivity contribution in [2.24, 2.45) is 5.92 Å². The summed E-state index contributed by atoms with van der Waals surface area (Å²) in [7, 11) is 2.94. The molecule has 3 rings (SSSR count). The van der Waals surface area contributed by atoms with Gasteiger partial charge in [0.25, 0.3) is 0 Å². The van der Waals surface area contributed by atoms with Crippen molar-refractivity contribution in [2.45, 2.75) is 31.7 Å². The normalized spacial score (nSPS) is 16.7. The van der Waals surface area contributed by atoms with Crippen molar-refractivity contribution in [3.8, 4) is 5.75 Å². The predicted octanol–water partition coefficient (Wildman–Crippen LogP) is 3.22. The number of hydrogen-bond donors (Lipinski definition) is 1. The van der Waals surface area contributed by atoms with Gasteiger partial charge in [0.1, 0.15) is 5.75 Å². The van der Waals surface area contributed by atoms with E-state index in [1.54, 1.807) is 7.11 Å². The molecule has 2 aromatic rings. The van der Waals surface area contributed by atoms with Crippen LogP contribution in [0.3, 0.4) is 0 Å². The second kappa shape index (κ2) is 8.71. The van der Waals surface area contributed by atoms with E-state index in [9.17, 15) is 9.59 Å². The van der Waals surface area contributed by atoms with Crippen LogP contribution in [0.25, 0.3) is 0 Å². The molecular weight excluding hydrogens is 342 g/mol. The first-order chi connectivity index (χ1) is 13.1. The first-order valence-electron chi connectivity index (χ1n) is 9.18. The fraction of sp³-hybridized carbons (Fsp3) is 0.364. The molecule has 2 atom stereocenters. The van der Waals surface area contributed by atoms with Crippen LogP contribution in [-0.4, -0.2) is 26.1 Å². The van der Waals surface area contributed by atoms with E-state index in [4.69, 9.17) is 9.47 Å². The maximum atomic E-state index is 12.9. The average molecular weight is 367 g/mol. The molecule has 0 aliphatic heterocycles. The maximum Gasteiger partial charge on any atom is 0.307 e. The van der Waals surface area contributed by atoms with Crippen molar-refractivity contribution in [3.05, 3.63) is 65.2 Å². The molecule has 1 amide bonds. The van der Waals surface area contributed by atoms with E-state index in [1.165, 1.54) is 18.2 Å². The van der Waals surface area contributed by atoms with Gasteiger partial charge in [0.05, 0.1) is 26.7 Å². The highest BCUT2D eigenvalue weighted by Crippen LogP contribution is 2.27. The smallest absolute Gasteiger partial charge is 0.307 e. The van der Waals surface area contributed by atoms with Gasteiger partial charge in [-0.1, -0.05) is 36.4 Å². The molecule has 0 heterocycles. The van der Waals surface area contributed by atoms with Gasteiger partial charge in [0.2, 0.25) is 5.91 Å². The number of carbonyl (C=O) groups excluding carboxylic acids is 2. The lowest BCUT2D eigenvalue weighted by atomic mass is 9.83. The van der Waals surface area contributed by atoms with E-state index < -0.39 is 6.04 Å². The van der Waals surface area contributed by atoms with Crippen molar-refractivity contribution in [1.82, 2.24) is 5.32 Å². The van der Waals surface area contributed by atoms with Crippen LogP contribution in [0, 0.1) is 5.92 Å². The molecule has 1 N–H and O–H groups in total. The lowest BCUT2D eigenvalue weighted by molar-refractivity contribution is -0.141. The number of hydrogen-bond acceptors (Lipinski definition) is 4. The van der Waals surface area contributed by atoms with Crippen LogP contribution in [-0.2, 0) is 27.2 Å². The van der Waals surface area contributed by atoms with Gasteiger partial charge in [0.15, 0.2) is 0 Å².